The molecule has 0 saturated carbocycles. The van der Waals surface area contributed by atoms with Gasteiger partial charge in [0.15, 0.2) is 17.2 Å². The Labute approximate surface area is 220 Å². The maximum atomic E-state index is 14.1. The molecule has 3 heterocycles. The fraction of sp³-hybridized carbons (Fsp3) is 0.0323. The first-order valence-corrected chi connectivity index (χ1v) is 12.3. The van der Waals surface area contributed by atoms with Crippen LogP contribution in [0.2, 0.25) is 0 Å². The second-order valence-electron chi connectivity index (χ2n) is 9.28. The number of hydrogen-bond acceptors (Lipinski definition) is 3. The van der Waals surface area contributed by atoms with Crippen LogP contribution in [0.25, 0.3) is 38.7 Å². The molecule has 190 valence electrons. The molecule has 0 amide bonds. The zero-order valence-corrected chi connectivity index (χ0v) is 20.7. The van der Waals surface area contributed by atoms with Crippen LogP contribution in [0.5, 0.6) is 11.5 Å². The quantitative estimate of drug-likeness (QED) is 0.244. The van der Waals surface area contributed by atoms with Gasteiger partial charge in [0.1, 0.15) is 5.75 Å². The van der Waals surface area contributed by atoms with Crippen molar-refractivity contribution in [1.82, 2.24) is 19.2 Å². The molecule has 0 radical (unpaired) electrons. The lowest BCUT2D eigenvalue weighted by Gasteiger charge is -2.06. The zero-order chi connectivity index (χ0) is 26.7. The van der Waals surface area contributed by atoms with Crippen molar-refractivity contribution in [3.63, 3.8) is 0 Å². The van der Waals surface area contributed by atoms with Crippen LogP contribution in [-0.4, -0.2) is 24.9 Å². The number of benzene rings is 4. The van der Waals surface area contributed by atoms with E-state index in [1.807, 2.05) is 48.0 Å². The molecule has 0 aliphatic carbocycles. The number of imidazole rings is 1. The van der Waals surface area contributed by atoms with Gasteiger partial charge in [0.05, 0.1) is 22.3 Å². The number of ether oxygens (including phenoxy) is 1. The van der Waals surface area contributed by atoms with E-state index in [0.29, 0.717) is 33.7 Å². The Kier molecular flexibility index (Phi) is 5.09. The number of hydrogen-bond donors (Lipinski definition) is 1. The molecule has 0 saturated heterocycles. The Morgan fingerprint density at radius 1 is 0.897 bits per heavy atom. The summed E-state index contributed by atoms with van der Waals surface area (Å²) >= 11 is 0. The predicted molar refractivity (Wildman–Crippen MR) is 145 cm³/mol. The molecule has 0 atom stereocenters. The van der Waals surface area contributed by atoms with Crippen LogP contribution in [0, 0.1) is 11.6 Å². The van der Waals surface area contributed by atoms with Crippen LogP contribution in [0.4, 0.5) is 8.78 Å². The van der Waals surface area contributed by atoms with E-state index in [0.717, 1.165) is 28.1 Å². The van der Waals surface area contributed by atoms with E-state index in [1.54, 1.807) is 28.9 Å². The number of aryl methyl sites for hydroxylation is 1. The Hall–Kier alpha value is -5.24. The number of nitrogens with one attached hydrogen (secondary N) is 1. The maximum Gasteiger partial charge on any atom is 0.214 e. The summed E-state index contributed by atoms with van der Waals surface area (Å²) in [5, 5.41) is 4.10. The molecule has 6 nitrogen and oxygen atoms in total. The molecule has 3 aromatic heterocycles. The van der Waals surface area contributed by atoms with Gasteiger partial charge in [-0.05, 0) is 47.5 Å². The highest BCUT2D eigenvalue weighted by molar-refractivity contribution is 6.15. The number of ketones is 1. The fourth-order valence-electron chi connectivity index (χ4n) is 5.07. The average molecular weight is 519 g/mol. The molecule has 7 aromatic rings. The number of aromatic nitrogens is 4. The lowest BCUT2D eigenvalue weighted by molar-refractivity contribution is 0.103. The van der Waals surface area contributed by atoms with Gasteiger partial charge in [-0.1, -0.05) is 48.5 Å². The molecular weight excluding hydrogens is 498 g/mol. The van der Waals surface area contributed by atoms with E-state index in [1.165, 1.54) is 12.1 Å². The van der Waals surface area contributed by atoms with E-state index < -0.39 is 11.6 Å². The third-order valence-electron chi connectivity index (χ3n) is 7.00. The molecule has 1 N–H and O–H groups in total. The Bertz CT molecular complexity index is 2050. The van der Waals surface area contributed by atoms with Crippen LogP contribution in [0.15, 0.2) is 97.2 Å². The average Bonchev–Trinajstić information content (AvgIpc) is 3.63. The molecular formula is C31H20F2N4O2. The van der Waals surface area contributed by atoms with Crippen molar-refractivity contribution < 1.29 is 18.3 Å². The highest BCUT2D eigenvalue weighted by Gasteiger charge is 2.23. The summed E-state index contributed by atoms with van der Waals surface area (Å²) in [5.41, 5.74) is 5.73. The molecule has 0 unspecified atom stereocenters. The Balaban J connectivity index is 1.29. The number of aromatic amines is 1. The second-order valence-corrected chi connectivity index (χ2v) is 9.28. The van der Waals surface area contributed by atoms with Crippen LogP contribution in [-0.2, 0) is 7.05 Å². The summed E-state index contributed by atoms with van der Waals surface area (Å²) < 4.78 is 36.9. The minimum Gasteiger partial charge on any atom is -0.454 e. The maximum absolute atomic E-state index is 14.1. The molecule has 7 rings (SSSR count). The lowest BCUT2D eigenvalue weighted by Crippen LogP contribution is -2.06. The summed E-state index contributed by atoms with van der Waals surface area (Å²) in [4.78, 5) is 18.5. The van der Waals surface area contributed by atoms with E-state index in [2.05, 4.69) is 28.3 Å². The number of carbonyl (C=O) groups excluding carboxylic acids is 1. The number of nitrogens with zero attached hydrogens (tertiary/aromatic N) is 3. The van der Waals surface area contributed by atoms with Gasteiger partial charge in [-0.3, -0.25) is 9.89 Å². The van der Waals surface area contributed by atoms with Crippen molar-refractivity contribution in [3.8, 4) is 22.6 Å². The van der Waals surface area contributed by atoms with Crippen LogP contribution in [0.1, 0.15) is 16.1 Å². The Morgan fingerprint density at radius 2 is 1.72 bits per heavy atom. The standard InChI is InChI=1S/C31H20F2N4O2/c1-36-25-11-5-9-20(18-7-3-2-4-8-18)21(25)16-27(36)30(38)22-17-34-37-26-14-13-19(15-24(26)35-31(22)37)39-28-12-6-10-23(32)29(28)33/h2-17,34H,1H3. The molecule has 0 aliphatic heterocycles. The van der Waals surface area contributed by atoms with E-state index >= 15 is 0 Å². The van der Waals surface area contributed by atoms with Gasteiger partial charge in [-0.2, -0.15) is 4.39 Å². The number of carbonyl (C=O) groups is 1. The Morgan fingerprint density at radius 3 is 2.56 bits per heavy atom. The largest absolute Gasteiger partial charge is 0.454 e. The number of H-pyrrole nitrogens is 1. The van der Waals surface area contributed by atoms with Gasteiger partial charge in [0.25, 0.3) is 0 Å². The third kappa shape index (κ3) is 3.60. The molecule has 0 spiro atoms. The van der Waals surface area contributed by atoms with Crippen molar-refractivity contribution in [2.45, 2.75) is 0 Å². The summed E-state index contributed by atoms with van der Waals surface area (Å²) in [6, 6.07) is 26.8. The number of fused-ring (bicyclic) bond motifs is 4. The van der Waals surface area contributed by atoms with Gasteiger partial charge < -0.3 is 9.30 Å². The number of halogens is 2. The van der Waals surface area contributed by atoms with Gasteiger partial charge >= 0.3 is 0 Å². The van der Waals surface area contributed by atoms with E-state index in [4.69, 9.17) is 4.74 Å². The van der Waals surface area contributed by atoms with Gasteiger partial charge in [-0.15, -0.1) is 0 Å². The molecule has 39 heavy (non-hydrogen) atoms. The van der Waals surface area contributed by atoms with Crippen LogP contribution < -0.4 is 4.74 Å². The fourth-order valence-corrected chi connectivity index (χ4v) is 5.07. The van der Waals surface area contributed by atoms with Crippen molar-refractivity contribution in [2.24, 2.45) is 7.05 Å². The number of rotatable bonds is 5. The van der Waals surface area contributed by atoms with Crippen LogP contribution >= 0.6 is 0 Å². The first-order chi connectivity index (χ1) is 19.0. The van der Waals surface area contributed by atoms with Crippen molar-refractivity contribution in [3.05, 3.63) is 120 Å². The monoisotopic (exact) mass is 518 g/mol. The second kappa shape index (κ2) is 8.66. The highest BCUT2D eigenvalue weighted by atomic mass is 19.2. The molecule has 4 aromatic carbocycles. The lowest BCUT2D eigenvalue weighted by atomic mass is 10.0. The topological polar surface area (TPSA) is 64.3 Å². The predicted octanol–water partition coefficient (Wildman–Crippen LogP) is 7.28. The molecule has 0 aliphatic rings. The van der Waals surface area contributed by atoms with Crippen molar-refractivity contribution in [2.75, 3.05) is 0 Å². The smallest absolute Gasteiger partial charge is 0.214 e. The van der Waals surface area contributed by atoms with E-state index in [-0.39, 0.29) is 11.5 Å². The normalized spacial score (nSPS) is 11.6. The molecule has 0 fully saturated rings. The highest BCUT2D eigenvalue weighted by Crippen LogP contribution is 2.33. The summed E-state index contributed by atoms with van der Waals surface area (Å²) in [5.74, 6) is -2.15. The SMILES string of the molecule is Cn1c(C(=O)c2c[nH]n3c2nc2cc(Oc4cccc(F)c4F)ccc23)cc2c(-c3ccccc3)cccc21. The molecule has 0 bridgehead atoms. The first kappa shape index (κ1) is 22.9. The van der Waals surface area contributed by atoms with Crippen molar-refractivity contribution in [1.29, 1.82) is 0 Å². The minimum absolute atomic E-state index is 0.174. The summed E-state index contributed by atoms with van der Waals surface area (Å²) in [6.45, 7) is 0. The van der Waals surface area contributed by atoms with Gasteiger partial charge in [0.2, 0.25) is 11.6 Å². The van der Waals surface area contributed by atoms with Gasteiger partial charge in [-0.25, -0.2) is 13.9 Å². The first-order valence-electron chi connectivity index (χ1n) is 12.3. The summed E-state index contributed by atoms with van der Waals surface area (Å²) in [7, 11) is 1.88. The minimum atomic E-state index is -1.06. The summed E-state index contributed by atoms with van der Waals surface area (Å²) in [6.07, 6.45) is 1.65. The van der Waals surface area contributed by atoms with Crippen molar-refractivity contribution >= 4 is 33.4 Å². The third-order valence-corrected chi connectivity index (χ3v) is 7.00. The van der Waals surface area contributed by atoms with Gasteiger partial charge in [0, 0.05) is 30.2 Å². The van der Waals surface area contributed by atoms with E-state index in [9.17, 15) is 13.6 Å². The zero-order valence-electron chi connectivity index (χ0n) is 20.7. The molecule has 8 heteroatoms. The van der Waals surface area contributed by atoms with Crippen LogP contribution in [0.3, 0.4) is 0 Å².